The van der Waals surface area contributed by atoms with Gasteiger partial charge in [0.1, 0.15) is 5.92 Å². The predicted molar refractivity (Wildman–Crippen MR) is 88.6 cm³/mol. The molecule has 1 heterocycles. The van der Waals surface area contributed by atoms with Crippen molar-refractivity contribution < 1.29 is 9.59 Å². The fourth-order valence-electron chi connectivity index (χ4n) is 2.43. The molecule has 1 rings (SSSR count). The van der Waals surface area contributed by atoms with E-state index in [1.807, 2.05) is 19.9 Å². The third-order valence-electron chi connectivity index (χ3n) is 4.03. The second kappa shape index (κ2) is 8.03. The summed E-state index contributed by atoms with van der Waals surface area (Å²) >= 11 is 1.12. The maximum atomic E-state index is 12.0. The highest BCUT2D eigenvalue weighted by Gasteiger charge is 2.44. The van der Waals surface area contributed by atoms with Crippen LogP contribution in [0.4, 0.5) is 0 Å². The first-order valence-corrected chi connectivity index (χ1v) is 8.57. The smallest absolute Gasteiger partial charge is 0.243 e. The quantitative estimate of drug-likeness (QED) is 0.773. The first kappa shape index (κ1) is 19.1. The van der Waals surface area contributed by atoms with Crippen molar-refractivity contribution in [3.05, 3.63) is 10.6 Å². The Balaban J connectivity index is 2.88. The zero-order valence-electron chi connectivity index (χ0n) is 13.9. The van der Waals surface area contributed by atoms with Crippen molar-refractivity contribution in [1.29, 1.82) is 10.5 Å². The number of carbonyl (C=O) groups excluding carboxylic acids is 2. The minimum atomic E-state index is -0.917. The van der Waals surface area contributed by atoms with E-state index >= 15 is 0 Å². The average Bonchev–Trinajstić information content (AvgIpc) is 2.49. The average molecular weight is 334 g/mol. The zero-order valence-corrected chi connectivity index (χ0v) is 14.7. The van der Waals surface area contributed by atoms with Crippen LogP contribution >= 0.6 is 11.8 Å². The Morgan fingerprint density at radius 2 is 2.00 bits per heavy atom. The molecular formula is C16H22N4O2S. The summed E-state index contributed by atoms with van der Waals surface area (Å²) < 4.78 is 0. The van der Waals surface area contributed by atoms with Gasteiger partial charge >= 0.3 is 0 Å². The van der Waals surface area contributed by atoms with E-state index in [0.717, 1.165) is 24.6 Å². The number of allylic oxidation sites excluding steroid dienone is 1. The number of nitriles is 2. The summed E-state index contributed by atoms with van der Waals surface area (Å²) in [6.45, 7) is 7.40. The SMILES string of the molecule is CCC(CC)NC(=O)CSC1=C(C#N)C(C)(C)[C@H](C#N)C(=O)N1. The second-order valence-electron chi connectivity index (χ2n) is 5.96. The minimum Gasteiger partial charge on any atom is -0.353 e. The summed E-state index contributed by atoms with van der Waals surface area (Å²) in [7, 11) is 0. The molecule has 0 unspecified atom stereocenters. The second-order valence-corrected chi connectivity index (χ2v) is 6.94. The lowest BCUT2D eigenvalue weighted by Gasteiger charge is -2.34. The first-order valence-electron chi connectivity index (χ1n) is 7.59. The molecule has 0 radical (unpaired) electrons. The highest BCUT2D eigenvalue weighted by Crippen LogP contribution is 2.41. The van der Waals surface area contributed by atoms with Crippen molar-refractivity contribution in [1.82, 2.24) is 10.6 Å². The van der Waals surface area contributed by atoms with Crippen molar-refractivity contribution in [3.8, 4) is 12.1 Å². The Labute approximate surface area is 141 Å². The Hall–Kier alpha value is -1.99. The molecule has 124 valence electrons. The number of carbonyl (C=O) groups is 2. The molecule has 0 saturated heterocycles. The molecule has 0 saturated carbocycles. The van der Waals surface area contributed by atoms with E-state index in [-0.39, 0.29) is 17.7 Å². The molecule has 7 heteroatoms. The van der Waals surface area contributed by atoms with Crippen LogP contribution in [0.1, 0.15) is 40.5 Å². The van der Waals surface area contributed by atoms with Gasteiger partial charge < -0.3 is 10.6 Å². The Bertz CT molecular complexity index is 594. The van der Waals surface area contributed by atoms with E-state index in [1.54, 1.807) is 13.8 Å². The van der Waals surface area contributed by atoms with E-state index in [4.69, 9.17) is 5.26 Å². The van der Waals surface area contributed by atoms with Gasteiger partial charge in [0.05, 0.1) is 28.5 Å². The molecule has 2 amide bonds. The molecule has 0 aromatic heterocycles. The topological polar surface area (TPSA) is 106 Å². The van der Waals surface area contributed by atoms with E-state index in [1.165, 1.54) is 0 Å². The lowest BCUT2D eigenvalue weighted by molar-refractivity contribution is -0.125. The lowest BCUT2D eigenvalue weighted by atomic mass is 9.72. The molecule has 23 heavy (non-hydrogen) atoms. The maximum Gasteiger partial charge on any atom is 0.243 e. The van der Waals surface area contributed by atoms with Gasteiger partial charge in [-0.25, -0.2) is 0 Å². The summed E-state index contributed by atoms with van der Waals surface area (Å²) in [5.41, 5.74) is -0.538. The summed E-state index contributed by atoms with van der Waals surface area (Å²) in [5.74, 6) is -1.37. The highest BCUT2D eigenvalue weighted by atomic mass is 32.2. The molecule has 1 atom stereocenters. The molecule has 0 aromatic carbocycles. The Morgan fingerprint density at radius 1 is 1.39 bits per heavy atom. The van der Waals surface area contributed by atoms with Crippen LogP contribution in [0.3, 0.4) is 0 Å². The third kappa shape index (κ3) is 4.27. The van der Waals surface area contributed by atoms with Crippen molar-refractivity contribution in [3.63, 3.8) is 0 Å². The molecule has 1 aliphatic heterocycles. The molecule has 2 N–H and O–H groups in total. The molecule has 0 aliphatic carbocycles. The van der Waals surface area contributed by atoms with Gasteiger partial charge in [0.25, 0.3) is 0 Å². The van der Waals surface area contributed by atoms with Crippen LogP contribution in [0.5, 0.6) is 0 Å². The number of thioether (sulfide) groups is 1. The van der Waals surface area contributed by atoms with Crippen molar-refractivity contribution in [2.24, 2.45) is 11.3 Å². The van der Waals surface area contributed by atoms with E-state index in [0.29, 0.717) is 10.6 Å². The largest absolute Gasteiger partial charge is 0.353 e. The third-order valence-corrected chi connectivity index (χ3v) is 5.03. The highest BCUT2D eigenvalue weighted by molar-refractivity contribution is 8.03. The van der Waals surface area contributed by atoms with Crippen LogP contribution in [0.25, 0.3) is 0 Å². The van der Waals surface area contributed by atoms with Crippen molar-refractivity contribution in [2.45, 2.75) is 46.6 Å². The number of nitrogens with one attached hydrogen (secondary N) is 2. The van der Waals surface area contributed by atoms with Gasteiger partial charge in [0.15, 0.2) is 0 Å². The monoisotopic (exact) mass is 334 g/mol. The van der Waals surface area contributed by atoms with Crippen LogP contribution in [-0.2, 0) is 9.59 Å². The predicted octanol–water partition coefficient (Wildman–Crippen LogP) is 2.06. The van der Waals surface area contributed by atoms with Crippen LogP contribution in [0.15, 0.2) is 10.6 Å². The van der Waals surface area contributed by atoms with Crippen LogP contribution in [0, 0.1) is 34.0 Å². The minimum absolute atomic E-state index is 0.116. The zero-order chi connectivity index (χ0) is 17.6. The van der Waals surface area contributed by atoms with Crippen LogP contribution in [0.2, 0.25) is 0 Å². The van der Waals surface area contributed by atoms with E-state index in [9.17, 15) is 14.9 Å². The lowest BCUT2D eigenvalue weighted by Crippen LogP contribution is -2.45. The van der Waals surface area contributed by atoms with Crippen LogP contribution in [-0.4, -0.2) is 23.6 Å². The molecule has 0 aromatic rings. The van der Waals surface area contributed by atoms with Gasteiger partial charge in [0, 0.05) is 11.5 Å². The Kier molecular flexibility index (Phi) is 6.65. The summed E-state index contributed by atoms with van der Waals surface area (Å²) in [6.07, 6.45) is 1.71. The van der Waals surface area contributed by atoms with Crippen molar-refractivity contribution in [2.75, 3.05) is 5.75 Å². The van der Waals surface area contributed by atoms with Gasteiger partial charge in [-0.2, -0.15) is 10.5 Å². The number of rotatable bonds is 6. The normalized spacial score (nSPS) is 19.8. The van der Waals surface area contributed by atoms with Crippen molar-refractivity contribution >= 4 is 23.6 Å². The fourth-order valence-corrected chi connectivity index (χ4v) is 3.42. The van der Waals surface area contributed by atoms with Gasteiger partial charge in [-0.15, -0.1) is 0 Å². The molecule has 0 spiro atoms. The van der Waals surface area contributed by atoms with Gasteiger partial charge in [-0.1, -0.05) is 39.5 Å². The first-order chi connectivity index (χ1) is 10.8. The van der Waals surface area contributed by atoms with Gasteiger partial charge in [-0.3, -0.25) is 9.59 Å². The number of hydrogen-bond acceptors (Lipinski definition) is 5. The fraction of sp³-hybridized carbons (Fsp3) is 0.625. The number of amides is 2. The molecule has 0 bridgehead atoms. The molecule has 0 fully saturated rings. The Morgan fingerprint density at radius 3 is 2.48 bits per heavy atom. The summed E-state index contributed by atoms with van der Waals surface area (Å²) in [6, 6.07) is 4.16. The van der Waals surface area contributed by atoms with E-state index < -0.39 is 17.2 Å². The maximum absolute atomic E-state index is 12.0. The van der Waals surface area contributed by atoms with Gasteiger partial charge in [0.2, 0.25) is 11.8 Å². The molecule has 6 nitrogen and oxygen atoms in total. The standard InChI is InChI=1S/C16H22N4O2S/c1-5-10(6-2)19-13(21)9-23-15-12(8-18)16(3,4)11(7-17)14(22)20-15/h10-11H,5-6,9H2,1-4H3,(H,19,21)(H,20,22)/t11-/m1/s1. The summed E-state index contributed by atoms with van der Waals surface area (Å²) in [5, 5.41) is 24.4. The van der Waals surface area contributed by atoms with Gasteiger partial charge in [-0.05, 0) is 12.8 Å². The van der Waals surface area contributed by atoms with Crippen LogP contribution < -0.4 is 10.6 Å². The molecule has 1 aliphatic rings. The summed E-state index contributed by atoms with van der Waals surface area (Å²) in [4.78, 5) is 24.0. The number of hydrogen-bond donors (Lipinski definition) is 2. The van der Waals surface area contributed by atoms with E-state index in [2.05, 4.69) is 16.7 Å². The number of nitrogens with zero attached hydrogens (tertiary/aromatic N) is 2. The molecular weight excluding hydrogens is 312 g/mol.